The number of piperidine rings is 1. The minimum atomic E-state index is -1.13. The number of benzene rings is 1. The predicted octanol–water partition coefficient (Wildman–Crippen LogP) is 3.13. The largest absolute Gasteiger partial charge is 0.394 e. The fraction of sp³-hybridized carbons (Fsp3) is 0.545. The summed E-state index contributed by atoms with van der Waals surface area (Å²) >= 11 is 0. The van der Waals surface area contributed by atoms with Crippen LogP contribution in [-0.2, 0) is 17.2 Å². The van der Waals surface area contributed by atoms with Crippen LogP contribution in [0.3, 0.4) is 0 Å². The van der Waals surface area contributed by atoms with Gasteiger partial charge in [-0.3, -0.25) is 4.21 Å². The molecule has 9 heteroatoms. The lowest BCUT2D eigenvalue weighted by atomic mass is 9.77. The Labute approximate surface area is 182 Å². The van der Waals surface area contributed by atoms with Gasteiger partial charge in [0.25, 0.3) is 0 Å². The van der Waals surface area contributed by atoms with Gasteiger partial charge in [-0.1, -0.05) is 6.07 Å². The van der Waals surface area contributed by atoms with Crippen LogP contribution >= 0.6 is 0 Å². The summed E-state index contributed by atoms with van der Waals surface area (Å²) < 4.78 is 40.0. The fourth-order valence-electron chi connectivity index (χ4n) is 4.81. The smallest absolute Gasteiger partial charge is 0.227 e. The quantitative estimate of drug-likeness (QED) is 0.732. The second kappa shape index (κ2) is 8.09. The zero-order valence-electron chi connectivity index (χ0n) is 17.2. The highest BCUT2D eigenvalue weighted by atomic mass is 32.2. The van der Waals surface area contributed by atoms with Gasteiger partial charge in [0.15, 0.2) is 0 Å². The molecule has 1 aromatic carbocycles. The van der Waals surface area contributed by atoms with E-state index in [-0.39, 0.29) is 18.1 Å². The molecular weight excluding hydrogens is 422 g/mol. The Morgan fingerprint density at radius 1 is 1.23 bits per heavy atom. The van der Waals surface area contributed by atoms with Gasteiger partial charge in [0.05, 0.1) is 28.6 Å². The van der Waals surface area contributed by atoms with E-state index in [1.54, 1.807) is 6.07 Å². The van der Waals surface area contributed by atoms with Crippen molar-refractivity contribution in [3.63, 3.8) is 0 Å². The van der Waals surface area contributed by atoms with Gasteiger partial charge in [-0.05, 0) is 49.7 Å². The fourth-order valence-corrected chi connectivity index (χ4v) is 6.12. The third-order valence-electron chi connectivity index (χ3n) is 6.85. The van der Waals surface area contributed by atoms with E-state index in [0.29, 0.717) is 47.5 Å². The number of hydrogen-bond donors (Lipinski definition) is 2. The van der Waals surface area contributed by atoms with Crippen molar-refractivity contribution in [3.05, 3.63) is 41.1 Å². The van der Waals surface area contributed by atoms with Crippen LogP contribution in [0.15, 0.2) is 23.1 Å². The molecule has 5 rings (SSSR count). The van der Waals surface area contributed by atoms with Crippen LogP contribution in [0.1, 0.15) is 49.3 Å². The second-order valence-corrected chi connectivity index (χ2v) is 10.3. The van der Waals surface area contributed by atoms with Crippen LogP contribution in [0, 0.1) is 11.6 Å². The Kier molecular flexibility index (Phi) is 5.42. The molecule has 1 atom stereocenters. The summed E-state index contributed by atoms with van der Waals surface area (Å²) in [5.74, 6) is 0.692. The number of aliphatic hydroxyl groups is 1. The monoisotopic (exact) mass is 448 g/mol. The number of aryl methyl sites for hydroxylation is 1. The Morgan fingerprint density at radius 3 is 2.65 bits per heavy atom. The maximum atomic E-state index is 14.2. The number of nitrogens with one attached hydrogen (secondary N) is 1. The van der Waals surface area contributed by atoms with E-state index in [2.05, 4.69) is 10.2 Å². The molecule has 2 fully saturated rings. The molecule has 166 valence electrons. The highest BCUT2D eigenvalue weighted by Crippen LogP contribution is 2.39. The van der Waals surface area contributed by atoms with Gasteiger partial charge in [0.2, 0.25) is 5.95 Å². The lowest BCUT2D eigenvalue weighted by Crippen LogP contribution is -2.48. The molecule has 1 aromatic heterocycles. The standard InChI is InChI=1S/C22H26F2N4O2S/c23-15-2-3-16(17(24)12-15)14-4-9-28(10-5-14)21-25-18-6-11-31(30)19(18)20(26-21)27-22(13-29)7-1-8-22/h2-3,12,14,29H,1,4-11,13H2,(H,25,26,27). The van der Waals surface area contributed by atoms with Crippen LogP contribution in [0.25, 0.3) is 0 Å². The lowest BCUT2D eigenvalue weighted by Gasteiger charge is -2.42. The van der Waals surface area contributed by atoms with Crippen LogP contribution in [-0.4, -0.2) is 50.3 Å². The molecule has 1 saturated heterocycles. The van der Waals surface area contributed by atoms with Crippen LogP contribution in [0.4, 0.5) is 20.5 Å². The number of aliphatic hydroxyl groups excluding tert-OH is 1. The normalized spacial score (nSPS) is 22.8. The van der Waals surface area contributed by atoms with Gasteiger partial charge in [-0.2, -0.15) is 4.98 Å². The molecule has 2 aromatic rings. The van der Waals surface area contributed by atoms with E-state index in [9.17, 15) is 18.1 Å². The van der Waals surface area contributed by atoms with Crippen molar-refractivity contribution in [2.45, 2.75) is 54.9 Å². The van der Waals surface area contributed by atoms with Gasteiger partial charge in [0, 0.05) is 31.3 Å². The third-order valence-corrected chi connectivity index (χ3v) is 8.31. The summed E-state index contributed by atoms with van der Waals surface area (Å²) in [6.07, 6.45) is 4.86. The van der Waals surface area contributed by atoms with Gasteiger partial charge >= 0.3 is 0 Å². The predicted molar refractivity (Wildman–Crippen MR) is 115 cm³/mol. The maximum absolute atomic E-state index is 14.2. The number of halogens is 2. The zero-order valence-corrected chi connectivity index (χ0v) is 18.1. The first-order chi connectivity index (χ1) is 15.0. The van der Waals surface area contributed by atoms with Crippen molar-refractivity contribution in [2.75, 3.05) is 35.7 Å². The molecule has 0 spiro atoms. The number of fused-ring (bicyclic) bond motifs is 1. The second-order valence-electron chi connectivity index (χ2n) is 8.79. The molecule has 1 unspecified atom stereocenters. The lowest BCUT2D eigenvalue weighted by molar-refractivity contribution is 0.143. The van der Waals surface area contributed by atoms with Crippen molar-refractivity contribution >= 4 is 22.6 Å². The molecular formula is C22H26F2N4O2S. The van der Waals surface area contributed by atoms with E-state index in [1.165, 1.54) is 6.07 Å². The number of anilines is 2. The van der Waals surface area contributed by atoms with E-state index in [1.807, 2.05) is 0 Å². The molecule has 0 radical (unpaired) electrons. The van der Waals surface area contributed by atoms with Crippen molar-refractivity contribution in [2.24, 2.45) is 0 Å². The van der Waals surface area contributed by atoms with Gasteiger partial charge in [-0.15, -0.1) is 0 Å². The van der Waals surface area contributed by atoms with E-state index in [0.717, 1.165) is 43.9 Å². The van der Waals surface area contributed by atoms with Gasteiger partial charge < -0.3 is 15.3 Å². The summed E-state index contributed by atoms with van der Waals surface area (Å²) in [5.41, 5.74) is 0.979. The minimum Gasteiger partial charge on any atom is -0.394 e. The SMILES string of the molecule is O=S1CCc2nc(N3CCC(c4ccc(F)cc4F)CC3)nc(NC3(CO)CCC3)c21. The average molecular weight is 449 g/mol. The number of hydrogen-bond acceptors (Lipinski definition) is 6. The molecule has 0 bridgehead atoms. The van der Waals surface area contributed by atoms with Crippen molar-refractivity contribution in [1.82, 2.24) is 9.97 Å². The number of nitrogens with zero attached hydrogens (tertiary/aromatic N) is 3. The minimum absolute atomic E-state index is 0.0162. The summed E-state index contributed by atoms with van der Waals surface area (Å²) in [5, 5.41) is 13.3. The highest BCUT2D eigenvalue weighted by molar-refractivity contribution is 7.85. The first kappa shape index (κ1) is 20.8. The number of aromatic nitrogens is 2. The summed E-state index contributed by atoms with van der Waals surface area (Å²) in [6, 6.07) is 3.80. The Balaban J connectivity index is 1.37. The van der Waals surface area contributed by atoms with Gasteiger partial charge in [-0.25, -0.2) is 13.8 Å². The number of rotatable bonds is 5. The molecule has 31 heavy (non-hydrogen) atoms. The van der Waals surface area contributed by atoms with E-state index in [4.69, 9.17) is 9.97 Å². The zero-order chi connectivity index (χ0) is 21.6. The van der Waals surface area contributed by atoms with E-state index < -0.39 is 22.4 Å². The molecule has 3 aliphatic rings. The Bertz CT molecular complexity index is 1020. The maximum Gasteiger partial charge on any atom is 0.227 e. The first-order valence-electron chi connectivity index (χ1n) is 10.9. The molecule has 3 heterocycles. The molecule has 2 N–H and O–H groups in total. The molecule has 1 aliphatic carbocycles. The van der Waals surface area contributed by atoms with Crippen molar-refractivity contribution in [1.29, 1.82) is 0 Å². The van der Waals surface area contributed by atoms with Crippen molar-refractivity contribution < 1.29 is 18.1 Å². The van der Waals surface area contributed by atoms with Crippen LogP contribution in [0.5, 0.6) is 0 Å². The van der Waals surface area contributed by atoms with Crippen molar-refractivity contribution in [3.8, 4) is 0 Å². The summed E-state index contributed by atoms with van der Waals surface area (Å²) in [7, 11) is -1.13. The molecule has 6 nitrogen and oxygen atoms in total. The Hall–Kier alpha value is -2.13. The van der Waals surface area contributed by atoms with Gasteiger partial charge in [0.1, 0.15) is 22.3 Å². The highest BCUT2D eigenvalue weighted by Gasteiger charge is 2.39. The average Bonchev–Trinajstić information content (AvgIpc) is 3.12. The van der Waals surface area contributed by atoms with Crippen LogP contribution in [0.2, 0.25) is 0 Å². The van der Waals surface area contributed by atoms with E-state index >= 15 is 0 Å². The first-order valence-corrected chi connectivity index (χ1v) is 12.2. The summed E-state index contributed by atoms with van der Waals surface area (Å²) in [4.78, 5) is 12.2. The van der Waals surface area contributed by atoms with Crippen LogP contribution < -0.4 is 10.2 Å². The molecule has 1 saturated carbocycles. The molecule has 0 amide bonds. The third kappa shape index (κ3) is 3.82. The topological polar surface area (TPSA) is 78.4 Å². The summed E-state index contributed by atoms with van der Waals surface area (Å²) in [6.45, 7) is 1.34. The molecule has 2 aliphatic heterocycles. The Morgan fingerprint density at radius 2 is 2.00 bits per heavy atom.